The molecule has 7 nitrogen and oxygen atoms in total. The highest BCUT2D eigenvalue weighted by Gasteiger charge is 2.23. The molecule has 0 amide bonds. The highest BCUT2D eigenvalue weighted by molar-refractivity contribution is 5.93. The molecule has 0 radical (unpaired) electrons. The molecule has 22 heavy (non-hydrogen) atoms. The average Bonchev–Trinajstić information content (AvgIpc) is 2.47. The molecular weight excluding hydrogens is 290 g/mol. The summed E-state index contributed by atoms with van der Waals surface area (Å²) in [5, 5.41) is 29.4. The number of carboxylic acids is 1. The third-order valence-electron chi connectivity index (χ3n) is 3.02. The van der Waals surface area contributed by atoms with E-state index in [0.29, 0.717) is 0 Å². The Labute approximate surface area is 125 Å². The van der Waals surface area contributed by atoms with E-state index in [9.17, 15) is 20.0 Å². The van der Waals surface area contributed by atoms with Crippen LogP contribution in [0.25, 0.3) is 0 Å². The summed E-state index contributed by atoms with van der Waals surface area (Å²) in [5.74, 6) is -2.36. The van der Waals surface area contributed by atoms with Crippen molar-refractivity contribution in [3.8, 4) is 11.5 Å². The molecule has 0 aliphatic carbocycles. The molecule has 2 aromatic rings. The largest absolute Gasteiger partial charge is 0.501 e. The van der Waals surface area contributed by atoms with E-state index in [1.54, 1.807) is 0 Å². The van der Waals surface area contributed by atoms with Crippen molar-refractivity contribution in [1.82, 2.24) is 0 Å². The van der Waals surface area contributed by atoms with Gasteiger partial charge in [-0.05, 0) is 18.6 Å². The van der Waals surface area contributed by atoms with Crippen molar-refractivity contribution in [1.29, 1.82) is 0 Å². The van der Waals surface area contributed by atoms with Crippen molar-refractivity contribution in [3.05, 3.63) is 63.2 Å². The Kier molecular flexibility index (Phi) is 4.26. The Morgan fingerprint density at radius 3 is 2.45 bits per heavy atom. The second-order valence-corrected chi connectivity index (χ2v) is 4.68. The molecule has 0 spiro atoms. The molecule has 0 bridgehead atoms. The molecule has 2 N–H and O–H groups in total. The molecule has 2 aromatic carbocycles. The molecule has 0 saturated heterocycles. The van der Waals surface area contributed by atoms with Crippen LogP contribution in [-0.2, 0) is 6.61 Å². The molecule has 114 valence electrons. The first-order chi connectivity index (χ1) is 10.4. The Morgan fingerprint density at radius 2 is 1.91 bits per heavy atom. The maximum atomic E-state index is 11.0. The van der Waals surface area contributed by atoms with Crippen LogP contribution in [0.4, 0.5) is 5.69 Å². The van der Waals surface area contributed by atoms with Gasteiger partial charge in [-0.1, -0.05) is 29.8 Å². The van der Waals surface area contributed by atoms with Crippen molar-refractivity contribution >= 4 is 11.7 Å². The van der Waals surface area contributed by atoms with Crippen LogP contribution >= 0.6 is 0 Å². The van der Waals surface area contributed by atoms with Crippen molar-refractivity contribution in [2.75, 3.05) is 0 Å². The molecule has 0 heterocycles. The minimum absolute atomic E-state index is 0.00229. The summed E-state index contributed by atoms with van der Waals surface area (Å²) < 4.78 is 5.39. The standard InChI is InChI=1S/C15H13NO6/c1-9-2-4-10(5-3-9)8-22-11-6-12(15(18)19)14(17)13(7-11)16(20)21/h2-7,17H,8H2,1H3,(H,18,19). The molecule has 0 unspecified atom stereocenters. The number of aryl methyl sites for hydroxylation is 1. The van der Waals surface area contributed by atoms with E-state index in [-0.39, 0.29) is 12.4 Å². The van der Waals surface area contributed by atoms with Gasteiger partial charge in [0.2, 0.25) is 5.75 Å². The highest BCUT2D eigenvalue weighted by Crippen LogP contribution is 2.34. The number of carbonyl (C=O) groups is 1. The topological polar surface area (TPSA) is 110 Å². The molecule has 0 saturated carbocycles. The van der Waals surface area contributed by atoms with Gasteiger partial charge < -0.3 is 14.9 Å². The van der Waals surface area contributed by atoms with E-state index < -0.39 is 27.9 Å². The van der Waals surface area contributed by atoms with Crippen LogP contribution in [-0.4, -0.2) is 21.1 Å². The lowest BCUT2D eigenvalue weighted by Gasteiger charge is -2.09. The Balaban J connectivity index is 2.28. The lowest BCUT2D eigenvalue weighted by molar-refractivity contribution is -0.386. The lowest BCUT2D eigenvalue weighted by atomic mass is 10.1. The van der Waals surface area contributed by atoms with Crippen LogP contribution in [0.1, 0.15) is 21.5 Å². The fraction of sp³-hybridized carbons (Fsp3) is 0.133. The molecule has 0 aliphatic rings. The number of benzene rings is 2. The van der Waals surface area contributed by atoms with Gasteiger partial charge in [0.05, 0.1) is 11.0 Å². The number of nitro benzene ring substituents is 1. The van der Waals surface area contributed by atoms with Gasteiger partial charge in [-0.15, -0.1) is 0 Å². The van der Waals surface area contributed by atoms with E-state index in [1.807, 2.05) is 31.2 Å². The molecule has 2 rings (SSSR count). The number of hydrogen-bond donors (Lipinski definition) is 2. The lowest BCUT2D eigenvalue weighted by Crippen LogP contribution is -2.02. The average molecular weight is 303 g/mol. The first kappa shape index (κ1) is 15.3. The van der Waals surface area contributed by atoms with Crippen LogP contribution in [0.2, 0.25) is 0 Å². The van der Waals surface area contributed by atoms with Gasteiger partial charge in [-0.2, -0.15) is 0 Å². The fourth-order valence-corrected chi connectivity index (χ4v) is 1.83. The van der Waals surface area contributed by atoms with Crippen LogP contribution in [0, 0.1) is 17.0 Å². The predicted octanol–water partition coefficient (Wildman–Crippen LogP) is 2.89. The first-order valence-corrected chi connectivity index (χ1v) is 6.31. The van der Waals surface area contributed by atoms with Gasteiger partial charge in [-0.25, -0.2) is 4.79 Å². The van der Waals surface area contributed by atoms with Crippen molar-refractivity contribution in [3.63, 3.8) is 0 Å². The zero-order valence-electron chi connectivity index (χ0n) is 11.6. The van der Waals surface area contributed by atoms with E-state index in [2.05, 4.69) is 0 Å². The summed E-state index contributed by atoms with van der Waals surface area (Å²) >= 11 is 0. The Hall–Kier alpha value is -3.09. The number of nitro groups is 1. The monoisotopic (exact) mass is 303 g/mol. The summed E-state index contributed by atoms with van der Waals surface area (Å²) in [4.78, 5) is 21.0. The third-order valence-corrected chi connectivity index (χ3v) is 3.02. The number of hydrogen-bond acceptors (Lipinski definition) is 5. The number of rotatable bonds is 5. The van der Waals surface area contributed by atoms with E-state index in [1.165, 1.54) is 0 Å². The molecule has 0 fully saturated rings. The first-order valence-electron chi connectivity index (χ1n) is 6.31. The summed E-state index contributed by atoms with van der Waals surface area (Å²) in [6.07, 6.45) is 0. The van der Waals surface area contributed by atoms with Crippen LogP contribution in [0.15, 0.2) is 36.4 Å². The normalized spacial score (nSPS) is 10.2. The maximum Gasteiger partial charge on any atom is 0.339 e. The van der Waals surface area contributed by atoms with Gasteiger partial charge in [0.25, 0.3) is 0 Å². The van der Waals surface area contributed by atoms with Gasteiger partial charge in [0.15, 0.2) is 0 Å². The van der Waals surface area contributed by atoms with E-state index >= 15 is 0 Å². The quantitative estimate of drug-likeness (QED) is 0.649. The molecule has 7 heteroatoms. The highest BCUT2D eigenvalue weighted by atomic mass is 16.6. The van der Waals surface area contributed by atoms with Gasteiger partial charge >= 0.3 is 11.7 Å². The second kappa shape index (κ2) is 6.13. The van der Waals surface area contributed by atoms with Gasteiger partial charge in [0.1, 0.15) is 17.9 Å². The van der Waals surface area contributed by atoms with Crippen LogP contribution < -0.4 is 4.74 Å². The van der Waals surface area contributed by atoms with Crippen molar-refractivity contribution in [2.24, 2.45) is 0 Å². The molecular formula is C15H13NO6. The fourth-order valence-electron chi connectivity index (χ4n) is 1.83. The summed E-state index contributed by atoms with van der Waals surface area (Å²) in [5.41, 5.74) is 0.627. The number of aromatic hydroxyl groups is 1. The van der Waals surface area contributed by atoms with Gasteiger partial charge in [0, 0.05) is 0 Å². The Bertz CT molecular complexity index is 688. The number of ether oxygens (including phenoxy) is 1. The summed E-state index contributed by atoms with van der Waals surface area (Å²) in [6.45, 7) is 2.06. The molecule has 0 atom stereocenters. The van der Waals surface area contributed by atoms with Crippen LogP contribution in [0.5, 0.6) is 11.5 Å². The molecule has 0 aromatic heterocycles. The van der Waals surface area contributed by atoms with Crippen molar-refractivity contribution < 1.29 is 24.7 Å². The minimum Gasteiger partial charge on any atom is -0.501 e. The predicted molar refractivity (Wildman–Crippen MR) is 77.2 cm³/mol. The van der Waals surface area contributed by atoms with E-state index in [4.69, 9.17) is 9.84 Å². The zero-order valence-corrected chi connectivity index (χ0v) is 11.6. The summed E-state index contributed by atoms with van der Waals surface area (Å²) in [6, 6.07) is 9.50. The number of aromatic carboxylic acids is 1. The van der Waals surface area contributed by atoms with Gasteiger partial charge in [-0.3, -0.25) is 10.1 Å². The number of carboxylic acid groups (broad SMARTS) is 1. The maximum absolute atomic E-state index is 11.0. The Morgan fingerprint density at radius 1 is 1.27 bits per heavy atom. The number of nitrogens with zero attached hydrogens (tertiary/aromatic N) is 1. The zero-order chi connectivity index (χ0) is 16.3. The minimum atomic E-state index is -1.47. The van der Waals surface area contributed by atoms with Crippen LogP contribution in [0.3, 0.4) is 0 Å². The summed E-state index contributed by atoms with van der Waals surface area (Å²) in [7, 11) is 0. The second-order valence-electron chi connectivity index (χ2n) is 4.68. The molecule has 0 aliphatic heterocycles. The number of phenols is 1. The smallest absolute Gasteiger partial charge is 0.339 e. The SMILES string of the molecule is Cc1ccc(COc2cc(C(=O)O)c(O)c([N+](=O)[O-])c2)cc1. The van der Waals surface area contributed by atoms with E-state index in [0.717, 1.165) is 23.3 Å². The van der Waals surface area contributed by atoms with Crippen molar-refractivity contribution in [2.45, 2.75) is 13.5 Å². The third kappa shape index (κ3) is 3.32.